The van der Waals surface area contributed by atoms with Crippen molar-refractivity contribution in [1.29, 1.82) is 0 Å². The molecule has 2 aromatic rings. The molecule has 2 nitrogen and oxygen atoms in total. The molecule has 0 atom stereocenters. The van der Waals surface area contributed by atoms with Crippen LogP contribution in [0, 0.1) is 12.7 Å². The van der Waals surface area contributed by atoms with Gasteiger partial charge in [0.15, 0.2) is 0 Å². The number of hydrogen-bond donors (Lipinski definition) is 0. The smallest absolute Gasteiger partial charge is 0.148 e. The van der Waals surface area contributed by atoms with E-state index in [2.05, 4.69) is 5.10 Å². The Morgan fingerprint density at radius 1 is 1.38 bits per heavy atom. The minimum Gasteiger partial charge on any atom is -0.219 e. The van der Waals surface area contributed by atoms with Crippen molar-refractivity contribution >= 4 is 23.2 Å². The molecule has 1 heterocycles. The molecule has 0 saturated carbocycles. The van der Waals surface area contributed by atoms with Gasteiger partial charge in [0.25, 0.3) is 0 Å². The summed E-state index contributed by atoms with van der Waals surface area (Å²) in [6.07, 6.45) is 0. The standard InChI is InChI=1S/C11H9Cl2FN2/c1-7-8(6-12)11(13)16(15-7)10-5-3-2-4-9(10)14/h2-5H,6H2,1H3. The van der Waals surface area contributed by atoms with E-state index in [1.54, 1.807) is 25.1 Å². The van der Waals surface area contributed by atoms with Crippen LogP contribution in [0.1, 0.15) is 11.3 Å². The first-order chi connectivity index (χ1) is 7.65. The molecule has 1 aromatic heterocycles. The number of aryl methyl sites for hydroxylation is 1. The highest BCUT2D eigenvalue weighted by molar-refractivity contribution is 6.31. The fraction of sp³-hybridized carbons (Fsp3) is 0.182. The van der Waals surface area contributed by atoms with E-state index in [1.807, 2.05) is 0 Å². The molecule has 0 saturated heterocycles. The lowest BCUT2D eigenvalue weighted by Gasteiger charge is -2.04. The maximum Gasteiger partial charge on any atom is 0.148 e. The largest absolute Gasteiger partial charge is 0.219 e. The molecular formula is C11H9Cl2FN2. The Labute approximate surface area is 103 Å². The minimum atomic E-state index is -0.368. The van der Waals surface area contributed by atoms with Gasteiger partial charge in [-0.25, -0.2) is 9.07 Å². The molecule has 0 aliphatic carbocycles. The monoisotopic (exact) mass is 258 g/mol. The van der Waals surface area contributed by atoms with Crippen molar-refractivity contribution in [3.8, 4) is 5.69 Å². The molecule has 0 unspecified atom stereocenters. The summed E-state index contributed by atoms with van der Waals surface area (Å²) in [5, 5.41) is 4.53. The van der Waals surface area contributed by atoms with Crippen LogP contribution in [0.2, 0.25) is 5.15 Å². The summed E-state index contributed by atoms with van der Waals surface area (Å²) in [6, 6.07) is 6.33. The fourth-order valence-corrected chi connectivity index (χ4v) is 2.19. The minimum absolute atomic E-state index is 0.263. The molecule has 2 rings (SSSR count). The number of halogens is 3. The van der Waals surface area contributed by atoms with E-state index < -0.39 is 0 Å². The highest BCUT2D eigenvalue weighted by Crippen LogP contribution is 2.25. The van der Waals surface area contributed by atoms with Crippen LogP contribution in [0.3, 0.4) is 0 Å². The molecule has 0 radical (unpaired) electrons. The highest BCUT2D eigenvalue weighted by Gasteiger charge is 2.15. The predicted octanol–water partition coefficient (Wildman–Crippen LogP) is 3.71. The summed E-state index contributed by atoms with van der Waals surface area (Å²) < 4.78 is 14.9. The second-order valence-corrected chi connectivity index (χ2v) is 3.98. The van der Waals surface area contributed by atoms with Gasteiger partial charge in [0.05, 0.1) is 11.6 Å². The summed E-state index contributed by atoms with van der Waals surface area (Å²) in [7, 11) is 0. The second kappa shape index (κ2) is 4.44. The Balaban J connectivity index is 2.62. The summed E-state index contributed by atoms with van der Waals surface area (Å²) in [6.45, 7) is 1.79. The summed E-state index contributed by atoms with van der Waals surface area (Å²) in [5.74, 6) is -0.105. The molecule has 0 aliphatic heterocycles. The zero-order chi connectivity index (χ0) is 11.7. The second-order valence-electron chi connectivity index (χ2n) is 3.35. The molecule has 5 heteroatoms. The highest BCUT2D eigenvalue weighted by atomic mass is 35.5. The van der Waals surface area contributed by atoms with Crippen LogP contribution in [0.4, 0.5) is 4.39 Å². The van der Waals surface area contributed by atoms with Crippen LogP contribution < -0.4 is 0 Å². The lowest BCUT2D eigenvalue weighted by molar-refractivity contribution is 0.610. The first-order valence-corrected chi connectivity index (χ1v) is 5.61. The van der Waals surface area contributed by atoms with Crippen molar-refractivity contribution in [2.24, 2.45) is 0 Å². The normalized spacial score (nSPS) is 10.8. The summed E-state index contributed by atoms with van der Waals surface area (Å²) >= 11 is 11.8. The van der Waals surface area contributed by atoms with Crippen LogP contribution in [0.15, 0.2) is 24.3 Å². The number of hydrogen-bond acceptors (Lipinski definition) is 1. The van der Waals surface area contributed by atoms with Crippen molar-refractivity contribution in [3.63, 3.8) is 0 Å². The van der Waals surface area contributed by atoms with Crippen molar-refractivity contribution in [3.05, 3.63) is 46.5 Å². The Morgan fingerprint density at radius 3 is 2.62 bits per heavy atom. The third-order valence-corrected chi connectivity index (χ3v) is 2.99. The molecule has 16 heavy (non-hydrogen) atoms. The number of alkyl halides is 1. The number of para-hydroxylation sites is 1. The SMILES string of the molecule is Cc1nn(-c2ccccc2F)c(Cl)c1CCl. The van der Waals surface area contributed by atoms with Crippen LogP contribution in [-0.4, -0.2) is 9.78 Å². The quantitative estimate of drug-likeness (QED) is 0.751. The molecule has 84 valence electrons. The van der Waals surface area contributed by atoms with Crippen molar-refractivity contribution in [2.75, 3.05) is 0 Å². The number of aromatic nitrogens is 2. The molecule has 1 aromatic carbocycles. The van der Waals surface area contributed by atoms with Crippen molar-refractivity contribution in [1.82, 2.24) is 9.78 Å². The average molecular weight is 259 g/mol. The lowest BCUT2D eigenvalue weighted by Crippen LogP contribution is -1.99. The van der Waals surface area contributed by atoms with Gasteiger partial charge in [0.2, 0.25) is 0 Å². The summed E-state index contributed by atoms with van der Waals surface area (Å²) in [4.78, 5) is 0. The van der Waals surface area contributed by atoms with Gasteiger partial charge >= 0.3 is 0 Å². The van der Waals surface area contributed by atoms with Gasteiger partial charge < -0.3 is 0 Å². The Hall–Kier alpha value is -1.06. The third kappa shape index (κ3) is 1.81. The predicted molar refractivity (Wildman–Crippen MR) is 62.8 cm³/mol. The maximum atomic E-state index is 13.5. The van der Waals surface area contributed by atoms with Crippen LogP contribution in [-0.2, 0) is 5.88 Å². The molecular weight excluding hydrogens is 250 g/mol. The molecule has 0 spiro atoms. The maximum absolute atomic E-state index is 13.5. The lowest BCUT2D eigenvalue weighted by atomic mass is 10.3. The van der Waals surface area contributed by atoms with E-state index in [-0.39, 0.29) is 11.7 Å². The Morgan fingerprint density at radius 2 is 2.06 bits per heavy atom. The van der Waals surface area contributed by atoms with Crippen LogP contribution in [0.25, 0.3) is 5.69 Å². The number of rotatable bonds is 2. The van der Waals surface area contributed by atoms with Gasteiger partial charge in [-0.2, -0.15) is 5.10 Å². The van der Waals surface area contributed by atoms with E-state index in [0.29, 0.717) is 16.5 Å². The van der Waals surface area contributed by atoms with Gasteiger partial charge in [0.1, 0.15) is 16.7 Å². The van der Waals surface area contributed by atoms with Crippen molar-refractivity contribution < 1.29 is 4.39 Å². The molecule has 0 bridgehead atoms. The van der Waals surface area contributed by atoms with Gasteiger partial charge in [-0.1, -0.05) is 23.7 Å². The Bertz CT molecular complexity index is 523. The van der Waals surface area contributed by atoms with Gasteiger partial charge in [-0.3, -0.25) is 0 Å². The Kier molecular flexibility index (Phi) is 3.17. The van der Waals surface area contributed by atoms with Gasteiger partial charge in [-0.15, -0.1) is 11.6 Å². The first-order valence-electron chi connectivity index (χ1n) is 4.70. The van der Waals surface area contributed by atoms with E-state index in [4.69, 9.17) is 23.2 Å². The zero-order valence-electron chi connectivity index (χ0n) is 8.54. The van der Waals surface area contributed by atoms with Crippen LogP contribution in [0.5, 0.6) is 0 Å². The van der Waals surface area contributed by atoms with E-state index in [9.17, 15) is 4.39 Å². The number of nitrogens with zero attached hydrogens (tertiary/aromatic N) is 2. The molecule has 0 fully saturated rings. The fourth-order valence-electron chi connectivity index (χ4n) is 1.47. The van der Waals surface area contributed by atoms with Crippen LogP contribution >= 0.6 is 23.2 Å². The van der Waals surface area contributed by atoms with Gasteiger partial charge in [-0.05, 0) is 19.1 Å². The third-order valence-electron chi connectivity index (χ3n) is 2.34. The molecule has 0 N–H and O–H groups in total. The van der Waals surface area contributed by atoms with E-state index >= 15 is 0 Å². The van der Waals surface area contributed by atoms with Gasteiger partial charge in [0, 0.05) is 5.56 Å². The first kappa shape index (κ1) is 11.4. The average Bonchev–Trinajstić information content (AvgIpc) is 2.55. The zero-order valence-corrected chi connectivity index (χ0v) is 10.1. The van der Waals surface area contributed by atoms with E-state index in [1.165, 1.54) is 10.7 Å². The van der Waals surface area contributed by atoms with Crippen molar-refractivity contribution in [2.45, 2.75) is 12.8 Å². The van der Waals surface area contributed by atoms with E-state index in [0.717, 1.165) is 5.56 Å². The number of benzene rings is 1. The molecule has 0 amide bonds. The summed E-state index contributed by atoms with van der Waals surface area (Å²) in [5.41, 5.74) is 1.77. The topological polar surface area (TPSA) is 17.8 Å². The molecule has 0 aliphatic rings.